The van der Waals surface area contributed by atoms with E-state index in [-0.39, 0.29) is 11.5 Å². The number of aromatic amines is 1. The monoisotopic (exact) mass is 408 g/mol. The molecule has 0 saturated heterocycles. The number of benzene rings is 1. The van der Waals surface area contributed by atoms with Gasteiger partial charge in [0, 0.05) is 20.8 Å². The molecule has 0 aliphatic heterocycles. The van der Waals surface area contributed by atoms with Crippen molar-refractivity contribution >= 4 is 47.6 Å². The lowest BCUT2D eigenvalue weighted by Crippen LogP contribution is -2.13. The highest BCUT2D eigenvalue weighted by Crippen LogP contribution is 2.32. The van der Waals surface area contributed by atoms with E-state index in [9.17, 15) is 8.42 Å². The third-order valence-electron chi connectivity index (χ3n) is 2.40. The number of aliphatic hydroxyl groups excluding tert-OH is 1. The van der Waals surface area contributed by atoms with Gasteiger partial charge in [-0.3, -0.25) is 4.72 Å². The molecule has 3 N–H and O–H groups in total. The lowest BCUT2D eigenvalue weighted by molar-refractivity contribution is 0.277. The number of para-hydroxylation sites is 1. The Labute approximate surface area is 127 Å². The van der Waals surface area contributed by atoms with Crippen molar-refractivity contribution in [3.8, 4) is 0 Å². The van der Waals surface area contributed by atoms with Crippen molar-refractivity contribution in [2.24, 2.45) is 0 Å². The van der Waals surface area contributed by atoms with Crippen molar-refractivity contribution in [2.75, 3.05) is 4.72 Å². The van der Waals surface area contributed by atoms with Crippen LogP contribution in [0.5, 0.6) is 0 Å². The number of H-pyrrole nitrogens is 1. The largest absolute Gasteiger partial charge is 0.390 e. The summed E-state index contributed by atoms with van der Waals surface area (Å²) in [6.07, 6.45) is 1.33. The number of halogens is 2. The first-order chi connectivity index (χ1) is 8.94. The Kier molecular flexibility index (Phi) is 4.34. The molecular formula is C11H10Br2N2O3S. The van der Waals surface area contributed by atoms with Gasteiger partial charge < -0.3 is 10.1 Å². The fourth-order valence-corrected chi connectivity index (χ4v) is 4.03. The molecule has 0 unspecified atom stereocenters. The van der Waals surface area contributed by atoms with Crippen LogP contribution in [0.25, 0.3) is 0 Å². The van der Waals surface area contributed by atoms with E-state index in [0.717, 1.165) is 0 Å². The van der Waals surface area contributed by atoms with Crippen LogP contribution in [0, 0.1) is 0 Å². The molecular weight excluding hydrogens is 400 g/mol. The van der Waals surface area contributed by atoms with Crippen LogP contribution >= 0.6 is 31.9 Å². The second-order valence-corrected chi connectivity index (χ2v) is 7.11. The van der Waals surface area contributed by atoms with E-state index >= 15 is 0 Å². The summed E-state index contributed by atoms with van der Waals surface area (Å²) in [5, 5.41) is 8.93. The van der Waals surface area contributed by atoms with Gasteiger partial charge in [-0.25, -0.2) is 8.42 Å². The third-order valence-corrected chi connectivity index (χ3v) is 5.05. The molecule has 0 aliphatic carbocycles. The maximum atomic E-state index is 12.2. The van der Waals surface area contributed by atoms with E-state index in [1.165, 1.54) is 12.3 Å². The zero-order chi connectivity index (χ0) is 14.0. The molecule has 2 aromatic rings. The molecule has 0 atom stereocenters. The number of hydrogen-bond donors (Lipinski definition) is 3. The normalized spacial score (nSPS) is 11.5. The molecule has 0 amide bonds. The summed E-state index contributed by atoms with van der Waals surface area (Å²) in [6, 6.07) is 6.64. The van der Waals surface area contributed by atoms with Gasteiger partial charge in [0.2, 0.25) is 0 Å². The fraction of sp³-hybridized carbons (Fsp3) is 0.0909. The summed E-state index contributed by atoms with van der Waals surface area (Å²) >= 11 is 6.57. The number of aliphatic hydroxyl groups is 1. The second kappa shape index (κ2) is 5.66. The molecule has 8 heteroatoms. The van der Waals surface area contributed by atoms with Gasteiger partial charge in [-0.05, 0) is 50.1 Å². The van der Waals surface area contributed by atoms with E-state index < -0.39 is 10.0 Å². The number of sulfonamides is 1. The first kappa shape index (κ1) is 14.6. The minimum atomic E-state index is -3.70. The molecule has 2 rings (SSSR count). The van der Waals surface area contributed by atoms with Gasteiger partial charge in [0.15, 0.2) is 0 Å². The quantitative estimate of drug-likeness (QED) is 0.726. The van der Waals surface area contributed by atoms with Gasteiger partial charge >= 0.3 is 0 Å². The van der Waals surface area contributed by atoms with Crippen LogP contribution in [0.1, 0.15) is 5.69 Å². The van der Waals surface area contributed by atoms with Crippen LogP contribution in [0.2, 0.25) is 0 Å². The Hall–Kier alpha value is -0.830. The fourth-order valence-electron chi connectivity index (χ4n) is 1.45. The topological polar surface area (TPSA) is 82.2 Å². The highest BCUT2D eigenvalue weighted by Gasteiger charge is 2.18. The van der Waals surface area contributed by atoms with Gasteiger partial charge in [0.25, 0.3) is 10.0 Å². The highest BCUT2D eigenvalue weighted by molar-refractivity contribution is 9.11. The Balaban J connectivity index is 2.36. The summed E-state index contributed by atoms with van der Waals surface area (Å²) in [7, 11) is -3.70. The Morgan fingerprint density at radius 1 is 1.26 bits per heavy atom. The van der Waals surface area contributed by atoms with Crippen molar-refractivity contribution in [2.45, 2.75) is 11.5 Å². The highest BCUT2D eigenvalue weighted by atomic mass is 79.9. The zero-order valence-corrected chi connectivity index (χ0v) is 13.5. The number of anilines is 1. The minimum Gasteiger partial charge on any atom is -0.390 e. The average Bonchev–Trinajstić information content (AvgIpc) is 2.83. The zero-order valence-electron chi connectivity index (χ0n) is 9.52. The maximum absolute atomic E-state index is 12.2. The van der Waals surface area contributed by atoms with E-state index in [2.05, 4.69) is 41.6 Å². The summed E-state index contributed by atoms with van der Waals surface area (Å²) in [5.74, 6) is 0. The second-order valence-electron chi connectivity index (χ2n) is 3.72. The Morgan fingerprint density at radius 2 is 1.89 bits per heavy atom. The molecule has 1 heterocycles. The predicted octanol–water partition coefficient (Wildman–Crippen LogP) is 2.83. The molecule has 0 aliphatic rings. The van der Waals surface area contributed by atoms with Gasteiger partial charge in [-0.2, -0.15) is 0 Å². The molecule has 19 heavy (non-hydrogen) atoms. The first-order valence-electron chi connectivity index (χ1n) is 5.19. The molecule has 102 valence electrons. The van der Waals surface area contributed by atoms with Crippen molar-refractivity contribution in [3.63, 3.8) is 0 Å². The summed E-state index contributed by atoms with van der Waals surface area (Å²) in [6.45, 7) is -0.242. The van der Waals surface area contributed by atoms with Crippen LogP contribution in [0.15, 0.2) is 44.3 Å². The van der Waals surface area contributed by atoms with E-state index in [4.69, 9.17) is 5.11 Å². The molecule has 0 spiro atoms. The van der Waals surface area contributed by atoms with Gasteiger partial charge in [0.1, 0.15) is 4.90 Å². The summed E-state index contributed by atoms with van der Waals surface area (Å²) < 4.78 is 28.1. The van der Waals surface area contributed by atoms with E-state index in [0.29, 0.717) is 20.3 Å². The van der Waals surface area contributed by atoms with Crippen molar-refractivity contribution < 1.29 is 13.5 Å². The smallest absolute Gasteiger partial charge is 0.263 e. The van der Waals surface area contributed by atoms with Crippen molar-refractivity contribution in [3.05, 3.63) is 45.1 Å². The van der Waals surface area contributed by atoms with Crippen LogP contribution in [0.4, 0.5) is 5.69 Å². The first-order valence-corrected chi connectivity index (χ1v) is 8.26. The Morgan fingerprint density at radius 3 is 2.42 bits per heavy atom. The van der Waals surface area contributed by atoms with Crippen LogP contribution in [0.3, 0.4) is 0 Å². The average molecular weight is 410 g/mol. The molecule has 1 aromatic heterocycles. The standard InChI is InChI=1S/C11H10Br2N2O3S/c12-9-2-1-3-10(13)11(9)15-19(17,18)8-4-7(6-16)14-5-8/h1-5,14-16H,6H2. The molecule has 0 bridgehead atoms. The number of nitrogens with one attached hydrogen (secondary N) is 2. The molecule has 5 nitrogen and oxygen atoms in total. The van der Waals surface area contributed by atoms with E-state index in [1.807, 2.05) is 0 Å². The number of aromatic nitrogens is 1. The third kappa shape index (κ3) is 3.19. The number of hydrogen-bond acceptors (Lipinski definition) is 3. The van der Waals surface area contributed by atoms with Gasteiger partial charge in [-0.15, -0.1) is 0 Å². The van der Waals surface area contributed by atoms with Crippen LogP contribution in [-0.2, 0) is 16.6 Å². The molecule has 0 radical (unpaired) electrons. The van der Waals surface area contributed by atoms with Crippen LogP contribution < -0.4 is 4.72 Å². The van der Waals surface area contributed by atoms with Gasteiger partial charge in [-0.1, -0.05) is 6.07 Å². The van der Waals surface area contributed by atoms with Gasteiger partial charge in [0.05, 0.1) is 12.3 Å². The molecule has 1 aromatic carbocycles. The van der Waals surface area contributed by atoms with Crippen molar-refractivity contribution in [1.82, 2.24) is 4.98 Å². The van der Waals surface area contributed by atoms with E-state index in [1.54, 1.807) is 18.2 Å². The summed E-state index contributed by atoms with van der Waals surface area (Å²) in [5.41, 5.74) is 0.862. The minimum absolute atomic E-state index is 0.0687. The number of rotatable bonds is 4. The molecule has 0 fully saturated rings. The molecule has 0 saturated carbocycles. The summed E-state index contributed by atoms with van der Waals surface area (Å²) in [4.78, 5) is 2.75. The maximum Gasteiger partial charge on any atom is 0.263 e. The van der Waals surface area contributed by atoms with Crippen LogP contribution in [-0.4, -0.2) is 18.5 Å². The lowest BCUT2D eigenvalue weighted by atomic mass is 10.3. The predicted molar refractivity (Wildman–Crippen MR) is 79.4 cm³/mol. The SMILES string of the molecule is O=S(=O)(Nc1c(Br)cccc1Br)c1c[nH]c(CO)c1. The lowest BCUT2D eigenvalue weighted by Gasteiger charge is -2.10. The van der Waals surface area contributed by atoms with Crippen molar-refractivity contribution in [1.29, 1.82) is 0 Å². The Bertz CT molecular complexity index is 677.